The fourth-order valence-electron chi connectivity index (χ4n) is 0.900. The quantitative estimate of drug-likeness (QED) is 0.618. The summed E-state index contributed by atoms with van der Waals surface area (Å²) in [6, 6.07) is 7.54. The fourth-order valence-corrected chi connectivity index (χ4v) is 1.63. The fraction of sp³-hybridized carbons (Fsp3) is 0. The van der Waals surface area contributed by atoms with Gasteiger partial charge in [-0.2, -0.15) is 0 Å². The molecule has 1 aromatic carbocycles. The van der Waals surface area contributed by atoms with Crippen molar-refractivity contribution in [1.82, 2.24) is 4.37 Å². The molecule has 2 aromatic rings. The highest BCUT2D eigenvalue weighted by Crippen LogP contribution is 2.11. The molecule has 0 fully saturated rings. The number of hydrogen-bond acceptors (Lipinski definition) is 2. The van der Waals surface area contributed by atoms with Crippen molar-refractivity contribution in [3.8, 4) is 0 Å². The maximum absolute atomic E-state index is 10.9. The third-order valence-electron chi connectivity index (χ3n) is 1.39. The number of aromatic nitrogens is 1. The van der Waals surface area contributed by atoms with Crippen LogP contribution in [0.1, 0.15) is 0 Å². The second-order valence-electron chi connectivity index (χ2n) is 2.03. The van der Waals surface area contributed by atoms with Crippen molar-refractivity contribution in [1.29, 1.82) is 0 Å². The first kappa shape index (κ1) is 5.68. The molecule has 3 heteroatoms. The number of hydrogen-bond donors (Lipinski definition) is 1. The standard InChI is InChI=1S/C7H5NOS/c9-7-5-3-1-2-4-6(5)10-8-7/h1-4H,(H,8,9)/i1+1,2+1,3+1,4+1,5+1,7+1. The van der Waals surface area contributed by atoms with Crippen molar-refractivity contribution in [2.24, 2.45) is 0 Å². The smallest absolute Gasteiger partial charge is 0.265 e. The predicted molar refractivity (Wildman–Crippen MR) is 42.4 cm³/mol. The zero-order valence-electron chi connectivity index (χ0n) is 5.13. The number of H-pyrrole nitrogens is 1. The summed E-state index contributed by atoms with van der Waals surface area (Å²) >= 11 is 1.38. The molecule has 0 saturated carbocycles. The van der Waals surface area contributed by atoms with E-state index in [9.17, 15) is 4.79 Å². The molecular formula is C7H5NOS. The van der Waals surface area contributed by atoms with Crippen LogP contribution in [-0.4, -0.2) is 4.37 Å². The molecule has 2 nitrogen and oxygen atoms in total. The minimum atomic E-state index is 0.0144. The maximum Gasteiger partial charge on any atom is 0.265 e. The van der Waals surface area contributed by atoms with Crippen LogP contribution in [0, 0.1) is 0 Å². The Balaban J connectivity index is 3.07. The van der Waals surface area contributed by atoms with Gasteiger partial charge in [-0.15, -0.1) is 0 Å². The van der Waals surface area contributed by atoms with Crippen LogP contribution in [0.3, 0.4) is 0 Å². The third kappa shape index (κ3) is 0.675. The topological polar surface area (TPSA) is 32.9 Å². The Hall–Kier alpha value is -1.09. The van der Waals surface area contributed by atoms with E-state index in [1.54, 1.807) is 0 Å². The summed E-state index contributed by atoms with van der Waals surface area (Å²) in [7, 11) is 0. The normalized spacial score (nSPS) is 10.4. The molecule has 0 atom stereocenters. The van der Waals surface area contributed by atoms with E-state index >= 15 is 0 Å². The molecular weight excluding hydrogens is 152 g/mol. The molecule has 0 bridgehead atoms. The van der Waals surface area contributed by atoms with Crippen molar-refractivity contribution >= 4 is 21.6 Å². The molecule has 50 valence electrons. The summed E-state index contributed by atoms with van der Waals surface area (Å²) in [5, 5.41) is 0.785. The van der Waals surface area contributed by atoms with Gasteiger partial charge in [0.2, 0.25) is 0 Å². The van der Waals surface area contributed by atoms with Crippen molar-refractivity contribution in [2.75, 3.05) is 0 Å². The Morgan fingerprint density at radius 2 is 2.10 bits per heavy atom. The van der Waals surface area contributed by atoms with Gasteiger partial charge >= 0.3 is 0 Å². The summed E-state index contributed by atoms with van der Waals surface area (Å²) < 4.78 is 3.68. The van der Waals surface area contributed by atoms with Crippen molar-refractivity contribution in [3.63, 3.8) is 0 Å². The Morgan fingerprint density at radius 3 is 2.90 bits per heavy atom. The number of rotatable bonds is 0. The van der Waals surface area contributed by atoms with E-state index in [4.69, 9.17) is 0 Å². The minimum Gasteiger partial charge on any atom is -0.277 e. The molecule has 2 rings (SSSR count). The van der Waals surface area contributed by atoms with Crippen LogP contribution in [0.5, 0.6) is 0 Å². The van der Waals surface area contributed by atoms with Gasteiger partial charge in [0.05, 0.1) is 10.1 Å². The Morgan fingerprint density at radius 1 is 1.30 bits per heavy atom. The lowest BCUT2D eigenvalue weighted by molar-refractivity contribution is 1.46. The van der Waals surface area contributed by atoms with E-state index in [0.29, 0.717) is 0 Å². The average Bonchev–Trinajstić information content (AvgIpc) is 2.34. The van der Waals surface area contributed by atoms with Gasteiger partial charge in [0.25, 0.3) is 5.56 Å². The molecule has 0 spiro atoms. The molecule has 10 heavy (non-hydrogen) atoms. The Kier molecular flexibility index (Phi) is 1.11. The molecule has 0 saturated heterocycles. The summed E-state index contributed by atoms with van der Waals surface area (Å²) in [4.78, 5) is 10.9. The second-order valence-corrected chi connectivity index (χ2v) is 2.88. The first-order chi connectivity index (χ1) is 4.88. The number of benzene rings is 1. The van der Waals surface area contributed by atoms with Crippen LogP contribution in [0.15, 0.2) is 29.1 Å². The molecule has 1 aromatic heterocycles. The van der Waals surface area contributed by atoms with Crippen LogP contribution >= 0.6 is 11.5 Å². The predicted octanol–water partition coefficient (Wildman–Crippen LogP) is 1.59. The highest BCUT2D eigenvalue weighted by atomic mass is 32.1. The van der Waals surface area contributed by atoms with Crippen LogP contribution in [0.25, 0.3) is 10.1 Å². The first-order valence-electron chi connectivity index (χ1n) is 2.94. The summed E-state index contributed by atoms with van der Waals surface area (Å²) in [5.41, 5.74) is 0.0144. The van der Waals surface area contributed by atoms with E-state index in [0.717, 1.165) is 10.1 Å². The lowest BCUT2D eigenvalue weighted by Gasteiger charge is -1.79. The van der Waals surface area contributed by atoms with E-state index in [2.05, 4.69) is 4.37 Å². The van der Waals surface area contributed by atoms with Crippen molar-refractivity contribution < 1.29 is 0 Å². The zero-order valence-corrected chi connectivity index (χ0v) is 5.94. The summed E-state index contributed by atoms with van der Waals surface area (Å²) in [6.45, 7) is 0. The van der Waals surface area contributed by atoms with Gasteiger partial charge in [0.15, 0.2) is 0 Å². The Labute approximate surface area is 61.3 Å². The third-order valence-corrected chi connectivity index (χ3v) is 2.25. The highest BCUT2D eigenvalue weighted by Gasteiger charge is 1.96. The summed E-state index contributed by atoms with van der Waals surface area (Å²) in [6.07, 6.45) is 0. The van der Waals surface area contributed by atoms with Crippen LogP contribution < -0.4 is 5.56 Å². The van der Waals surface area contributed by atoms with Gasteiger partial charge in [-0.05, 0) is 12.1 Å². The van der Waals surface area contributed by atoms with Crippen molar-refractivity contribution in [2.45, 2.75) is 0 Å². The first-order valence-corrected chi connectivity index (χ1v) is 3.76. The van der Waals surface area contributed by atoms with Crippen LogP contribution in [-0.2, 0) is 0 Å². The van der Waals surface area contributed by atoms with E-state index in [1.807, 2.05) is 24.3 Å². The van der Waals surface area contributed by atoms with Gasteiger partial charge in [0, 0.05) is 0 Å². The maximum atomic E-state index is 10.9. The molecule has 0 unspecified atom stereocenters. The van der Waals surface area contributed by atoms with Crippen LogP contribution in [0.4, 0.5) is 0 Å². The molecule has 0 amide bonds. The monoisotopic (exact) mass is 157 g/mol. The number of fused-ring (bicyclic) bond motifs is 1. The zero-order chi connectivity index (χ0) is 6.97. The molecule has 0 aliphatic carbocycles. The number of nitrogens with one attached hydrogen (secondary N) is 1. The second kappa shape index (κ2) is 1.95. The van der Waals surface area contributed by atoms with Gasteiger partial charge in [-0.25, -0.2) is 0 Å². The van der Waals surface area contributed by atoms with Crippen molar-refractivity contribution in [3.05, 3.63) is 34.6 Å². The SMILES string of the molecule is O=[13c]1[nH]sc2[13cH][13cH][13cH][13cH][13c]21. The number of aromatic amines is 1. The molecule has 0 aliphatic heterocycles. The van der Waals surface area contributed by atoms with Crippen LogP contribution in [0.2, 0.25) is 0 Å². The molecule has 0 aliphatic rings. The molecule has 0 radical (unpaired) electrons. The van der Waals surface area contributed by atoms with Gasteiger partial charge < -0.3 is 0 Å². The van der Waals surface area contributed by atoms with E-state index in [-0.39, 0.29) is 5.56 Å². The van der Waals surface area contributed by atoms with Gasteiger partial charge in [-0.1, -0.05) is 23.7 Å². The lowest BCUT2D eigenvalue weighted by atomic mass is 11.0. The van der Waals surface area contributed by atoms with E-state index < -0.39 is 0 Å². The summed E-state index contributed by atoms with van der Waals surface area (Å²) in [5.74, 6) is 0. The van der Waals surface area contributed by atoms with Gasteiger partial charge in [-0.3, -0.25) is 9.17 Å². The lowest BCUT2D eigenvalue weighted by Crippen LogP contribution is -1.94. The minimum absolute atomic E-state index is 0.0144. The largest absolute Gasteiger partial charge is 0.277 e. The molecule has 1 N–H and O–H groups in total. The Bertz CT molecular complexity index is 401. The highest BCUT2D eigenvalue weighted by molar-refractivity contribution is 7.13. The molecule has 1 heterocycles. The average molecular weight is 157 g/mol. The van der Waals surface area contributed by atoms with E-state index in [1.165, 1.54) is 11.5 Å². The van der Waals surface area contributed by atoms with Gasteiger partial charge in [0.1, 0.15) is 0 Å².